The third-order valence-electron chi connectivity index (χ3n) is 4.05. The van der Waals surface area contributed by atoms with E-state index in [0.29, 0.717) is 6.54 Å². The van der Waals surface area contributed by atoms with Crippen LogP contribution in [0, 0.1) is 0 Å². The van der Waals surface area contributed by atoms with Crippen LogP contribution in [0.25, 0.3) is 11.4 Å². The van der Waals surface area contributed by atoms with Crippen molar-refractivity contribution in [1.29, 1.82) is 0 Å². The molecule has 0 fully saturated rings. The first-order valence-corrected chi connectivity index (χ1v) is 9.37. The highest BCUT2D eigenvalue weighted by molar-refractivity contribution is 14.0. The average Bonchev–Trinajstić information content (AvgIpc) is 3.21. The fourth-order valence-corrected chi connectivity index (χ4v) is 2.63. The van der Waals surface area contributed by atoms with Crippen LogP contribution in [0.15, 0.2) is 35.6 Å². The summed E-state index contributed by atoms with van der Waals surface area (Å²) in [6, 6.07) is 8.17. The molecule has 0 aliphatic heterocycles. The molecule has 2 rings (SSSR count). The number of aromatic amines is 1. The maximum atomic E-state index is 5.09. The second-order valence-electron chi connectivity index (χ2n) is 6.31. The lowest BCUT2D eigenvalue weighted by molar-refractivity contribution is 0.180. The SMILES string of the molecule is CCNC(=NCc1cccc(-c2ncn[nH]2)c1)NCCN(C)CCCOC.I. The van der Waals surface area contributed by atoms with Gasteiger partial charge in [0.15, 0.2) is 11.8 Å². The summed E-state index contributed by atoms with van der Waals surface area (Å²) in [5.41, 5.74) is 2.13. The Balaban J connectivity index is 0.00000392. The summed E-state index contributed by atoms with van der Waals surface area (Å²) >= 11 is 0. The predicted molar refractivity (Wildman–Crippen MR) is 124 cm³/mol. The van der Waals surface area contributed by atoms with Crippen LogP contribution in [-0.2, 0) is 11.3 Å². The molecular formula is C19H32IN7O. The lowest BCUT2D eigenvalue weighted by atomic mass is 10.1. The highest BCUT2D eigenvalue weighted by atomic mass is 127. The summed E-state index contributed by atoms with van der Waals surface area (Å²) in [4.78, 5) is 11.2. The van der Waals surface area contributed by atoms with Crippen molar-refractivity contribution in [1.82, 2.24) is 30.7 Å². The van der Waals surface area contributed by atoms with Gasteiger partial charge in [-0.3, -0.25) is 5.10 Å². The number of benzene rings is 1. The molecule has 8 nitrogen and oxygen atoms in total. The van der Waals surface area contributed by atoms with Gasteiger partial charge in [-0.1, -0.05) is 18.2 Å². The van der Waals surface area contributed by atoms with Gasteiger partial charge in [0.1, 0.15) is 6.33 Å². The first-order valence-electron chi connectivity index (χ1n) is 9.37. The normalized spacial score (nSPS) is 11.4. The molecule has 9 heteroatoms. The summed E-state index contributed by atoms with van der Waals surface area (Å²) in [7, 11) is 3.86. The maximum Gasteiger partial charge on any atom is 0.191 e. The van der Waals surface area contributed by atoms with E-state index in [1.165, 1.54) is 6.33 Å². The zero-order valence-corrected chi connectivity index (χ0v) is 19.3. The zero-order valence-electron chi connectivity index (χ0n) is 16.9. The Morgan fingerprint density at radius 3 is 2.86 bits per heavy atom. The van der Waals surface area contributed by atoms with E-state index in [1.54, 1.807) is 7.11 Å². The summed E-state index contributed by atoms with van der Waals surface area (Å²) < 4.78 is 5.09. The van der Waals surface area contributed by atoms with E-state index in [9.17, 15) is 0 Å². The Kier molecular flexibility index (Phi) is 12.4. The van der Waals surface area contributed by atoms with Gasteiger partial charge < -0.3 is 20.3 Å². The molecule has 0 aliphatic carbocycles. The van der Waals surface area contributed by atoms with Crippen molar-refractivity contribution >= 4 is 29.9 Å². The number of likely N-dealkylation sites (N-methyl/N-ethyl adjacent to an activating group) is 1. The summed E-state index contributed by atoms with van der Waals surface area (Å²) in [5, 5.41) is 13.5. The van der Waals surface area contributed by atoms with Gasteiger partial charge in [0.25, 0.3) is 0 Å². The Morgan fingerprint density at radius 1 is 1.29 bits per heavy atom. The van der Waals surface area contributed by atoms with Crippen molar-refractivity contribution in [2.75, 3.05) is 46.9 Å². The van der Waals surface area contributed by atoms with Crippen LogP contribution in [0.1, 0.15) is 18.9 Å². The second kappa shape index (κ2) is 14.3. The van der Waals surface area contributed by atoms with E-state index >= 15 is 0 Å². The van der Waals surface area contributed by atoms with E-state index < -0.39 is 0 Å². The van der Waals surface area contributed by atoms with Gasteiger partial charge >= 0.3 is 0 Å². The van der Waals surface area contributed by atoms with Gasteiger partial charge in [0.2, 0.25) is 0 Å². The number of rotatable bonds is 11. The summed E-state index contributed by atoms with van der Waals surface area (Å²) in [5.74, 6) is 1.59. The molecule has 0 radical (unpaired) electrons. The highest BCUT2D eigenvalue weighted by Crippen LogP contribution is 2.15. The van der Waals surface area contributed by atoms with Crippen LogP contribution in [-0.4, -0.2) is 73.0 Å². The van der Waals surface area contributed by atoms with E-state index in [2.05, 4.69) is 61.8 Å². The molecule has 2 aromatic rings. The molecule has 0 bridgehead atoms. The number of halogens is 1. The van der Waals surface area contributed by atoms with E-state index in [1.807, 2.05) is 12.1 Å². The average molecular weight is 501 g/mol. The molecule has 1 aromatic carbocycles. The number of nitrogens with one attached hydrogen (secondary N) is 3. The first-order chi connectivity index (χ1) is 13.2. The number of aliphatic imine (C=N–C) groups is 1. The lowest BCUT2D eigenvalue weighted by Crippen LogP contribution is -2.41. The molecule has 156 valence electrons. The van der Waals surface area contributed by atoms with Crippen LogP contribution in [0.3, 0.4) is 0 Å². The molecule has 3 N–H and O–H groups in total. The van der Waals surface area contributed by atoms with Crippen molar-refractivity contribution in [3.63, 3.8) is 0 Å². The van der Waals surface area contributed by atoms with Gasteiger partial charge in [-0.15, -0.1) is 24.0 Å². The maximum absolute atomic E-state index is 5.09. The van der Waals surface area contributed by atoms with Crippen LogP contribution < -0.4 is 10.6 Å². The second-order valence-corrected chi connectivity index (χ2v) is 6.31. The lowest BCUT2D eigenvalue weighted by Gasteiger charge is -2.18. The molecule has 0 saturated heterocycles. The van der Waals surface area contributed by atoms with Crippen LogP contribution in [0.5, 0.6) is 0 Å². The standard InChI is InChI=1S/C19H31N7O.HI/c1-4-20-19(21-9-11-26(2)10-6-12-27-3)22-14-16-7-5-8-17(13-16)18-23-15-24-25-18;/h5,7-8,13,15H,4,6,9-12,14H2,1-3H3,(H2,20,21,22)(H,23,24,25);1H. The number of hydrogen-bond acceptors (Lipinski definition) is 5. The van der Waals surface area contributed by atoms with Crippen LogP contribution in [0.2, 0.25) is 0 Å². The number of H-pyrrole nitrogens is 1. The Bertz CT molecular complexity index is 679. The molecule has 28 heavy (non-hydrogen) atoms. The molecule has 0 unspecified atom stereocenters. The first kappa shape index (κ1) is 24.3. The Labute approximate surface area is 184 Å². The quantitative estimate of drug-likeness (QED) is 0.189. The van der Waals surface area contributed by atoms with Gasteiger partial charge in [-0.25, -0.2) is 9.98 Å². The van der Waals surface area contributed by atoms with Gasteiger partial charge in [0, 0.05) is 45.5 Å². The van der Waals surface area contributed by atoms with E-state index in [-0.39, 0.29) is 24.0 Å². The fraction of sp³-hybridized carbons (Fsp3) is 0.526. The van der Waals surface area contributed by atoms with Crippen molar-refractivity contribution in [2.24, 2.45) is 4.99 Å². The molecule has 0 amide bonds. The molecule has 0 atom stereocenters. The molecule has 0 aliphatic rings. The van der Waals surface area contributed by atoms with Gasteiger partial charge in [-0.05, 0) is 32.0 Å². The molecular weight excluding hydrogens is 469 g/mol. The van der Waals surface area contributed by atoms with Crippen molar-refractivity contribution in [3.05, 3.63) is 36.2 Å². The number of hydrogen-bond donors (Lipinski definition) is 3. The van der Waals surface area contributed by atoms with Gasteiger partial charge in [0.05, 0.1) is 6.54 Å². The molecule has 0 saturated carbocycles. The number of aromatic nitrogens is 3. The molecule has 1 aromatic heterocycles. The third kappa shape index (κ3) is 8.98. The van der Waals surface area contributed by atoms with Crippen LogP contribution in [0.4, 0.5) is 0 Å². The number of guanidine groups is 1. The number of methoxy groups -OCH3 is 1. The number of nitrogens with zero attached hydrogens (tertiary/aromatic N) is 4. The minimum atomic E-state index is 0. The van der Waals surface area contributed by atoms with E-state index in [0.717, 1.165) is 62.1 Å². The Hall–Kier alpha value is -1.72. The minimum absolute atomic E-state index is 0. The van der Waals surface area contributed by atoms with Crippen molar-refractivity contribution in [2.45, 2.75) is 19.9 Å². The monoisotopic (exact) mass is 501 g/mol. The van der Waals surface area contributed by atoms with Crippen molar-refractivity contribution < 1.29 is 4.74 Å². The van der Waals surface area contributed by atoms with Gasteiger partial charge in [-0.2, -0.15) is 5.10 Å². The number of ether oxygens (including phenoxy) is 1. The van der Waals surface area contributed by atoms with Crippen LogP contribution >= 0.6 is 24.0 Å². The minimum Gasteiger partial charge on any atom is -0.385 e. The topological polar surface area (TPSA) is 90.5 Å². The summed E-state index contributed by atoms with van der Waals surface area (Å²) in [6.45, 7) is 7.11. The van der Waals surface area contributed by atoms with E-state index in [4.69, 9.17) is 4.74 Å². The fourth-order valence-electron chi connectivity index (χ4n) is 2.63. The molecule has 0 spiro atoms. The zero-order chi connectivity index (χ0) is 19.3. The Morgan fingerprint density at radius 2 is 2.14 bits per heavy atom. The smallest absolute Gasteiger partial charge is 0.191 e. The third-order valence-corrected chi connectivity index (χ3v) is 4.05. The largest absolute Gasteiger partial charge is 0.385 e. The summed E-state index contributed by atoms with van der Waals surface area (Å²) in [6.07, 6.45) is 2.56. The predicted octanol–water partition coefficient (Wildman–Crippen LogP) is 2.11. The van der Waals surface area contributed by atoms with Crippen molar-refractivity contribution in [3.8, 4) is 11.4 Å². The molecule has 1 heterocycles. The highest BCUT2D eigenvalue weighted by Gasteiger charge is 2.03.